The highest BCUT2D eigenvalue weighted by atomic mass is 16.3. The molecule has 1 aromatic carbocycles. The van der Waals surface area contributed by atoms with Crippen LogP contribution in [-0.2, 0) is 16.6 Å². The Hall–Kier alpha value is -1.39. The normalized spacial score (nSPS) is 19.4. The van der Waals surface area contributed by atoms with Gasteiger partial charge in [-0.15, -0.1) is 0 Å². The molecule has 2 N–H and O–H groups in total. The molecule has 0 saturated carbocycles. The first-order chi connectivity index (χ1) is 10.3. The third-order valence-corrected chi connectivity index (χ3v) is 4.17. The molecule has 4 nitrogen and oxygen atoms in total. The van der Waals surface area contributed by atoms with Crippen molar-refractivity contribution in [3.8, 4) is 0 Å². The van der Waals surface area contributed by atoms with Crippen LogP contribution < -0.4 is 5.32 Å². The predicted molar refractivity (Wildman–Crippen MR) is 88.9 cm³/mol. The summed E-state index contributed by atoms with van der Waals surface area (Å²) in [4.78, 5) is 13.8. The number of aliphatic hydroxyl groups is 1. The second kappa shape index (κ2) is 7.25. The summed E-state index contributed by atoms with van der Waals surface area (Å²) < 4.78 is 0. The molecule has 22 heavy (non-hydrogen) atoms. The van der Waals surface area contributed by atoms with Gasteiger partial charge in [0.25, 0.3) is 0 Å². The fourth-order valence-electron chi connectivity index (χ4n) is 2.73. The minimum atomic E-state index is -0.269. The lowest BCUT2D eigenvalue weighted by Crippen LogP contribution is -2.37. The Morgan fingerprint density at radius 3 is 2.55 bits per heavy atom. The summed E-state index contributed by atoms with van der Waals surface area (Å²) >= 11 is 0. The number of nitrogens with one attached hydrogen (secondary N) is 1. The minimum absolute atomic E-state index is 0.0420. The lowest BCUT2D eigenvalue weighted by molar-refractivity contribution is -0.122. The number of β-amino-alcohol motifs (C(OH)–C–C–N with tert-alkyl or cyclic N) is 1. The molecule has 122 valence electrons. The van der Waals surface area contributed by atoms with E-state index in [1.54, 1.807) is 0 Å². The summed E-state index contributed by atoms with van der Waals surface area (Å²) in [6.07, 6.45) is 1.35. The van der Waals surface area contributed by atoms with E-state index >= 15 is 0 Å². The van der Waals surface area contributed by atoms with E-state index in [2.05, 4.69) is 50.4 Å². The van der Waals surface area contributed by atoms with Crippen molar-refractivity contribution < 1.29 is 9.90 Å². The maximum Gasteiger partial charge on any atom is 0.234 e. The molecule has 1 fully saturated rings. The summed E-state index contributed by atoms with van der Waals surface area (Å²) in [5.74, 6) is 0.0420. The maximum absolute atomic E-state index is 11.8. The van der Waals surface area contributed by atoms with Crippen molar-refractivity contribution in [2.45, 2.75) is 45.1 Å². The molecule has 2 rings (SSSR count). The molecular weight excluding hydrogens is 276 g/mol. The van der Waals surface area contributed by atoms with E-state index in [-0.39, 0.29) is 17.4 Å². The molecule has 1 heterocycles. The highest BCUT2D eigenvalue weighted by Gasteiger charge is 2.21. The molecule has 1 atom stereocenters. The molecule has 1 aliphatic heterocycles. The molecule has 1 aliphatic rings. The van der Waals surface area contributed by atoms with Crippen LogP contribution in [0.15, 0.2) is 24.3 Å². The van der Waals surface area contributed by atoms with Crippen LogP contribution in [0.5, 0.6) is 0 Å². The van der Waals surface area contributed by atoms with Crippen molar-refractivity contribution >= 4 is 5.91 Å². The number of hydrogen-bond donors (Lipinski definition) is 2. The highest BCUT2D eigenvalue weighted by molar-refractivity contribution is 5.78. The number of nitrogens with zero attached hydrogens (tertiary/aromatic N) is 1. The first-order valence-electron chi connectivity index (χ1n) is 8.11. The second-order valence-electron chi connectivity index (χ2n) is 7.22. The Labute approximate surface area is 133 Å². The quantitative estimate of drug-likeness (QED) is 0.871. The van der Waals surface area contributed by atoms with Gasteiger partial charge in [0.2, 0.25) is 5.91 Å². The SMILES string of the molecule is CC(C)(C)c1ccc(CCNC(=O)CN2CC[C@H](O)C2)cc1. The fraction of sp³-hybridized carbons (Fsp3) is 0.611. The van der Waals surface area contributed by atoms with Gasteiger partial charge in [-0.2, -0.15) is 0 Å². The number of benzene rings is 1. The van der Waals surface area contributed by atoms with Gasteiger partial charge in [-0.05, 0) is 29.4 Å². The lowest BCUT2D eigenvalue weighted by Gasteiger charge is -2.19. The molecule has 0 aromatic heterocycles. The number of likely N-dealkylation sites (tertiary alicyclic amines) is 1. The minimum Gasteiger partial charge on any atom is -0.392 e. The zero-order chi connectivity index (χ0) is 16.2. The van der Waals surface area contributed by atoms with Crippen molar-refractivity contribution in [3.05, 3.63) is 35.4 Å². The topological polar surface area (TPSA) is 52.6 Å². The first-order valence-corrected chi connectivity index (χ1v) is 8.11. The third kappa shape index (κ3) is 5.11. The molecule has 1 amide bonds. The Morgan fingerprint density at radius 2 is 2.00 bits per heavy atom. The summed E-state index contributed by atoms with van der Waals surface area (Å²) in [5, 5.41) is 12.4. The van der Waals surface area contributed by atoms with E-state index in [9.17, 15) is 9.90 Å². The van der Waals surface area contributed by atoms with Gasteiger partial charge in [0.15, 0.2) is 0 Å². The molecule has 0 spiro atoms. The largest absolute Gasteiger partial charge is 0.392 e. The van der Waals surface area contributed by atoms with Crippen LogP contribution >= 0.6 is 0 Å². The number of amides is 1. The van der Waals surface area contributed by atoms with Crippen LogP contribution in [0.3, 0.4) is 0 Å². The number of rotatable bonds is 5. The van der Waals surface area contributed by atoms with Crippen molar-refractivity contribution in [1.29, 1.82) is 0 Å². The van der Waals surface area contributed by atoms with Gasteiger partial charge in [-0.3, -0.25) is 9.69 Å². The Morgan fingerprint density at radius 1 is 1.32 bits per heavy atom. The lowest BCUT2D eigenvalue weighted by atomic mass is 9.86. The summed E-state index contributed by atoms with van der Waals surface area (Å²) in [5.41, 5.74) is 2.74. The van der Waals surface area contributed by atoms with Gasteiger partial charge in [0.05, 0.1) is 12.6 Å². The maximum atomic E-state index is 11.8. The summed E-state index contributed by atoms with van der Waals surface area (Å²) in [6, 6.07) is 8.62. The standard InChI is InChI=1S/C18H28N2O2/c1-18(2,3)15-6-4-14(5-7-15)8-10-19-17(22)13-20-11-9-16(21)12-20/h4-7,16,21H,8-13H2,1-3H3,(H,19,22)/t16-/m0/s1. The van der Waals surface area contributed by atoms with Crippen molar-refractivity contribution in [2.75, 3.05) is 26.2 Å². The van der Waals surface area contributed by atoms with Crippen molar-refractivity contribution in [3.63, 3.8) is 0 Å². The van der Waals surface area contributed by atoms with Crippen molar-refractivity contribution in [1.82, 2.24) is 10.2 Å². The van der Waals surface area contributed by atoms with Crippen LogP contribution in [0, 0.1) is 0 Å². The zero-order valence-electron chi connectivity index (χ0n) is 13.9. The van der Waals surface area contributed by atoms with Gasteiger partial charge in [0, 0.05) is 19.6 Å². The predicted octanol–water partition coefficient (Wildman–Crippen LogP) is 1.71. The monoisotopic (exact) mass is 304 g/mol. The van der Waals surface area contributed by atoms with Gasteiger partial charge >= 0.3 is 0 Å². The van der Waals surface area contributed by atoms with Crippen molar-refractivity contribution in [2.24, 2.45) is 0 Å². The molecule has 0 unspecified atom stereocenters. The summed E-state index contributed by atoms with van der Waals surface area (Å²) in [7, 11) is 0. The molecule has 1 saturated heterocycles. The fourth-order valence-corrected chi connectivity index (χ4v) is 2.73. The average Bonchev–Trinajstić information content (AvgIpc) is 2.83. The molecule has 0 radical (unpaired) electrons. The number of aliphatic hydroxyl groups excluding tert-OH is 1. The number of carbonyl (C=O) groups is 1. The van der Waals surface area contributed by atoms with E-state index in [1.165, 1.54) is 11.1 Å². The Balaban J connectivity index is 1.71. The Bertz CT molecular complexity index is 491. The highest BCUT2D eigenvalue weighted by Crippen LogP contribution is 2.22. The molecule has 4 heteroatoms. The van der Waals surface area contributed by atoms with E-state index in [0.29, 0.717) is 19.6 Å². The average molecular weight is 304 g/mol. The number of carbonyl (C=O) groups excluding carboxylic acids is 1. The van der Waals surface area contributed by atoms with Gasteiger partial charge < -0.3 is 10.4 Å². The van der Waals surface area contributed by atoms with E-state index in [1.807, 2.05) is 4.90 Å². The van der Waals surface area contributed by atoms with Crippen LogP contribution in [0.25, 0.3) is 0 Å². The summed E-state index contributed by atoms with van der Waals surface area (Å²) in [6.45, 7) is 9.08. The Kier molecular flexibility index (Phi) is 5.59. The first kappa shape index (κ1) is 17.0. The van der Waals surface area contributed by atoms with Gasteiger partial charge in [-0.1, -0.05) is 45.0 Å². The smallest absolute Gasteiger partial charge is 0.234 e. The van der Waals surface area contributed by atoms with E-state index < -0.39 is 0 Å². The van der Waals surface area contributed by atoms with E-state index in [4.69, 9.17) is 0 Å². The molecular formula is C18H28N2O2. The van der Waals surface area contributed by atoms with Crippen LogP contribution in [0.1, 0.15) is 38.3 Å². The van der Waals surface area contributed by atoms with Crippen LogP contribution in [0.2, 0.25) is 0 Å². The third-order valence-electron chi connectivity index (χ3n) is 4.17. The second-order valence-corrected chi connectivity index (χ2v) is 7.22. The number of hydrogen-bond acceptors (Lipinski definition) is 3. The van der Waals surface area contributed by atoms with Crippen LogP contribution in [-0.4, -0.2) is 48.2 Å². The van der Waals surface area contributed by atoms with E-state index in [0.717, 1.165) is 19.4 Å². The molecule has 1 aromatic rings. The van der Waals surface area contributed by atoms with Gasteiger partial charge in [0.1, 0.15) is 0 Å². The molecule has 0 aliphatic carbocycles. The van der Waals surface area contributed by atoms with Crippen LogP contribution in [0.4, 0.5) is 0 Å². The molecule has 0 bridgehead atoms. The van der Waals surface area contributed by atoms with Gasteiger partial charge in [-0.25, -0.2) is 0 Å². The zero-order valence-corrected chi connectivity index (χ0v) is 13.9.